The Balaban J connectivity index is 2.92. The largest absolute Gasteiger partial charge is 0.486 e. The summed E-state index contributed by atoms with van der Waals surface area (Å²) < 4.78 is 42.1. The smallest absolute Gasteiger partial charge is 0.419 e. The third-order valence-electron chi connectivity index (χ3n) is 1.56. The van der Waals surface area contributed by atoms with Crippen LogP contribution in [0.4, 0.5) is 13.2 Å². The normalized spacial score (nSPS) is 11.1. The third-order valence-corrected chi connectivity index (χ3v) is 1.68. The van der Waals surface area contributed by atoms with Crippen molar-refractivity contribution in [1.29, 1.82) is 0 Å². The molecule has 0 amide bonds. The summed E-state index contributed by atoms with van der Waals surface area (Å²) in [4.78, 5) is 0.00646. The van der Waals surface area contributed by atoms with Crippen LogP contribution in [0.15, 0.2) is 24.3 Å². The van der Waals surface area contributed by atoms with E-state index >= 15 is 0 Å². The zero-order valence-electron chi connectivity index (χ0n) is 7.54. The maximum atomic E-state index is 12.4. The fraction of sp³-hybridized carbons (Fsp3) is 0.222. The van der Waals surface area contributed by atoms with E-state index in [0.29, 0.717) is 0 Å². The number of hydrogen-bond donors (Lipinski definition) is 1. The highest BCUT2D eigenvalue weighted by atomic mass is 32.1. The van der Waals surface area contributed by atoms with Gasteiger partial charge < -0.3 is 10.5 Å². The fourth-order valence-electron chi connectivity index (χ4n) is 0.976. The molecule has 0 unspecified atom stereocenters. The highest BCUT2D eigenvalue weighted by Gasteiger charge is 2.33. The molecule has 0 fully saturated rings. The van der Waals surface area contributed by atoms with Gasteiger partial charge in [0.05, 0.1) is 5.56 Å². The summed E-state index contributed by atoms with van der Waals surface area (Å²) in [6.07, 6.45) is -4.44. The van der Waals surface area contributed by atoms with Crippen molar-refractivity contribution in [3.63, 3.8) is 0 Å². The first kappa shape index (κ1) is 11.8. The zero-order valence-corrected chi connectivity index (χ0v) is 8.36. The molecule has 15 heavy (non-hydrogen) atoms. The average Bonchev–Trinajstić information content (AvgIpc) is 2.13. The van der Waals surface area contributed by atoms with Gasteiger partial charge in [0.2, 0.25) is 0 Å². The molecule has 0 aliphatic carbocycles. The van der Waals surface area contributed by atoms with Crippen LogP contribution in [0.3, 0.4) is 0 Å². The molecule has 2 nitrogen and oxygen atoms in total. The van der Waals surface area contributed by atoms with Crippen molar-refractivity contribution in [2.24, 2.45) is 5.73 Å². The van der Waals surface area contributed by atoms with Crippen LogP contribution in [0.1, 0.15) is 5.56 Å². The predicted molar refractivity (Wildman–Crippen MR) is 53.7 cm³/mol. The highest BCUT2D eigenvalue weighted by Crippen LogP contribution is 2.35. The van der Waals surface area contributed by atoms with Gasteiger partial charge >= 0.3 is 6.18 Å². The molecular weight excluding hydrogens is 227 g/mol. The number of hydrogen-bond acceptors (Lipinski definition) is 2. The number of halogens is 3. The molecule has 0 spiro atoms. The molecule has 1 aromatic rings. The second kappa shape index (κ2) is 4.48. The van der Waals surface area contributed by atoms with Crippen molar-refractivity contribution in [1.82, 2.24) is 0 Å². The van der Waals surface area contributed by atoms with Crippen LogP contribution in [0.2, 0.25) is 0 Å². The number of alkyl halides is 3. The quantitative estimate of drug-likeness (QED) is 0.817. The van der Waals surface area contributed by atoms with Crippen LogP contribution in [0.25, 0.3) is 0 Å². The van der Waals surface area contributed by atoms with Crippen molar-refractivity contribution >= 4 is 17.2 Å². The first-order valence-electron chi connectivity index (χ1n) is 3.98. The minimum absolute atomic E-state index is 0.00646. The molecule has 82 valence electrons. The van der Waals surface area contributed by atoms with E-state index in [0.717, 1.165) is 6.07 Å². The molecule has 0 atom stereocenters. The lowest BCUT2D eigenvalue weighted by Crippen LogP contribution is -2.19. The van der Waals surface area contributed by atoms with Crippen LogP contribution in [-0.2, 0) is 6.18 Å². The summed E-state index contributed by atoms with van der Waals surface area (Å²) in [5.41, 5.74) is 4.29. The van der Waals surface area contributed by atoms with Crippen molar-refractivity contribution in [3.8, 4) is 5.75 Å². The minimum Gasteiger partial charge on any atom is -0.486 e. The lowest BCUT2D eigenvalue weighted by Gasteiger charge is -2.12. The summed E-state index contributed by atoms with van der Waals surface area (Å²) in [6.45, 7) is -0.206. The third kappa shape index (κ3) is 3.39. The minimum atomic E-state index is -4.44. The Morgan fingerprint density at radius 1 is 1.33 bits per heavy atom. The molecule has 0 radical (unpaired) electrons. The van der Waals surface area contributed by atoms with Crippen LogP contribution < -0.4 is 10.5 Å². The van der Waals surface area contributed by atoms with Gasteiger partial charge in [-0.2, -0.15) is 13.2 Å². The number of rotatable bonds is 3. The second-order valence-corrected chi connectivity index (χ2v) is 3.27. The Bertz CT molecular complexity index is 365. The SMILES string of the molecule is NC(=S)COc1ccccc1C(F)(F)F. The standard InChI is InChI=1S/C9H8F3NOS/c10-9(11,12)6-3-1-2-4-7(6)14-5-8(13)15/h1-4H,5H2,(H2,13,15). The molecular formula is C9H8F3NOS. The predicted octanol–water partition coefficient (Wildman–Crippen LogP) is 2.37. The van der Waals surface area contributed by atoms with Gasteiger partial charge in [0.25, 0.3) is 0 Å². The summed E-state index contributed by atoms with van der Waals surface area (Å²) >= 11 is 4.50. The Hall–Kier alpha value is -1.30. The Morgan fingerprint density at radius 3 is 2.47 bits per heavy atom. The number of benzene rings is 1. The molecule has 0 saturated carbocycles. The first-order valence-corrected chi connectivity index (χ1v) is 4.39. The molecule has 1 rings (SSSR count). The van der Waals surface area contributed by atoms with Gasteiger partial charge in [0.1, 0.15) is 17.3 Å². The Kier molecular flexibility index (Phi) is 3.52. The summed E-state index contributed by atoms with van der Waals surface area (Å²) in [5.74, 6) is -0.266. The van der Waals surface area contributed by atoms with Crippen molar-refractivity contribution in [2.75, 3.05) is 6.61 Å². The van der Waals surface area contributed by atoms with Gasteiger partial charge in [-0.25, -0.2) is 0 Å². The maximum Gasteiger partial charge on any atom is 0.419 e. The fourth-order valence-corrected chi connectivity index (χ4v) is 1.03. The van der Waals surface area contributed by atoms with E-state index in [-0.39, 0.29) is 17.3 Å². The Morgan fingerprint density at radius 2 is 1.93 bits per heavy atom. The molecule has 0 heterocycles. The number of nitrogens with two attached hydrogens (primary N) is 1. The first-order chi connectivity index (χ1) is 6.91. The molecule has 0 aliphatic heterocycles. The van der Waals surface area contributed by atoms with Crippen molar-refractivity contribution in [2.45, 2.75) is 6.18 Å². The van der Waals surface area contributed by atoms with Crippen LogP contribution in [0.5, 0.6) is 5.75 Å². The summed E-state index contributed by atoms with van der Waals surface area (Å²) in [7, 11) is 0. The zero-order chi connectivity index (χ0) is 11.5. The lowest BCUT2D eigenvalue weighted by molar-refractivity contribution is -0.138. The summed E-state index contributed by atoms with van der Waals surface area (Å²) in [6, 6.07) is 4.90. The number of ether oxygens (including phenoxy) is 1. The number of para-hydroxylation sites is 1. The summed E-state index contributed by atoms with van der Waals surface area (Å²) in [5, 5.41) is 0. The maximum absolute atomic E-state index is 12.4. The van der Waals surface area contributed by atoms with E-state index in [1.54, 1.807) is 0 Å². The molecule has 0 aliphatic rings. The molecule has 0 bridgehead atoms. The van der Waals surface area contributed by atoms with Gasteiger partial charge in [-0.15, -0.1) is 0 Å². The molecule has 2 N–H and O–H groups in total. The molecule has 0 aromatic heterocycles. The van der Waals surface area contributed by atoms with E-state index < -0.39 is 11.7 Å². The van der Waals surface area contributed by atoms with Gasteiger partial charge in [-0.05, 0) is 12.1 Å². The van der Waals surface area contributed by atoms with Crippen LogP contribution >= 0.6 is 12.2 Å². The van der Waals surface area contributed by atoms with Crippen molar-refractivity contribution < 1.29 is 17.9 Å². The topological polar surface area (TPSA) is 35.2 Å². The van der Waals surface area contributed by atoms with E-state index in [1.807, 2.05) is 0 Å². The van der Waals surface area contributed by atoms with E-state index in [1.165, 1.54) is 18.2 Å². The molecule has 0 saturated heterocycles. The highest BCUT2D eigenvalue weighted by molar-refractivity contribution is 7.80. The Labute approximate surface area is 89.8 Å². The second-order valence-electron chi connectivity index (χ2n) is 2.75. The van der Waals surface area contributed by atoms with Gasteiger partial charge in [-0.1, -0.05) is 24.4 Å². The molecule has 6 heteroatoms. The monoisotopic (exact) mass is 235 g/mol. The average molecular weight is 235 g/mol. The van der Waals surface area contributed by atoms with Crippen LogP contribution in [-0.4, -0.2) is 11.6 Å². The lowest BCUT2D eigenvalue weighted by atomic mass is 10.2. The van der Waals surface area contributed by atoms with Crippen molar-refractivity contribution in [3.05, 3.63) is 29.8 Å². The van der Waals surface area contributed by atoms with Gasteiger partial charge in [0, 0.05) is 0 Å². The van der Waals surface area contributed by atoms with E-state index in [4.69, 9.17) is 10.5 Å². The van der Waals surface area contributed by atoms with Crippen LogP contribution in [0, 0.1) is 0 Å². The van der Waals surface area contributed by atoms with E-state index in [9.17, 15) is 13.2 Å². The molecule has 1 aromatic carbocycles. The van der Waals surface area contributed by atoms with E-state index in [2.05, 4.69) is 12.2 Å². The number of thiocarbonyl (C=S) groups is 1. The van der Waals surface area contributed by atoms with Gasteiger partial charge in [-0.3, -0.25) is 0 Å². The van der Waals surface area contributed by atoms with Gasteiger partial charge in [0.15, 0.2) is 0 Å².